The number of benzene rings is 1. The summed E-state index contributed by atoms with van der Waals surface area (Å²) in [6, 6.07) is 11.7. The van der Waals surface area contributed by atoms with Gasteiger partial charge in [-0.25, -0.2) is 9.97 Å². The van der Waals surface area contributed by atoms with Gasteiger partial charge < -0.3 is 10.1 Å². The van der Waals surface area contributed by atoms with E-state index in [9.17, 15) is 0 Å². The summed E-state index contributed by atoms with van der Waals surface area (Å²) < 4.78 is 7.03. The highest BCUT2D eigenvalue weighted by Gasteiger charge is 2.12. The van der Waals surface area contributed by atoms with Gasteiger partial charge >= 0.3 is 0 Å². The van der Waals surface area contributed by atoms with Gasteiger partial charge in [-0.1, -0.05) is 12.1 Å². The van der Waals surface area contributed by atoms with E-state index in [1.807, 2.05) is 43.4 Å². The zero-order chi connectivity index (χ0) is 17.9. The molecule has 0 saturated heterocycles. The van der Waals surface area contributed by atoms with Crippen LogP contribution in [0.25, 0.3) is 22.4 Å². The van der Waals surface area contributed by atoms with Crippen molar-refractivity contribution in [3.8, 4) is 17.1 Å². The summed E-state index contributed by atoms with van der Waals surface area (Å²) in [5, 5.41) is 8.60. The van der Waals surface area contributed by atoms with Crippen molar-refractivity contribution in [2.75, 3.05) is 12.4 Å². The Hall–Kier alpha value is -3.48. The molecule has 1 N–H and O–H groups in total. The molecule has 3 heterocycles. The van der Waals surface area contributed by atoms with Crippen molar-refractivity contribution in [1.29, 1.82) is 0 Å². The molecular formula is C19H18N6O. The molecule has 0 unspecified atom stereocenters. The van der Waals surface area contributed by atoms with Crippen LogP contribution in [0.1, 0.15) is 5.56 Å². The summed E-state index contributed by atoms with van der Waals surface area (Å²) in [5.41, 5.74) is 2.79. The molecule has 4 aromatic rings. The minimum atomic E-state index is 0.619. The van der Waals surface area contributed by atoms with Gasteiger partial charge in [-0.3, -0.25) is 9.67 Å². The molecule has 0 amide bonds. The number of nitrogens with zero attached hydrogens (tertiary/aromatic N) is 5. The van der Waals surface area contributed by atoms with Gasteiger partial charge in [0.15, 0.2) is 11.5 Å². The quantitative estimate of drug-likeness (QED) is 0.598. The number of fused-ring (bicyclic) bond motifs is 1. The third kappa shape index (κ3) is 3.06. The third-order valence-corrected chi connectivity index (χ3v) is 4.12. The van der Waals surface area contributed by atoms with E-state index in [1.54, 1.807) is 30.4 Å². The first kappa shape index (κ1) is 16.0. The number of rotatable bonds is 5. The molecule has 0 radical (unpaired) electrons. The van der Waals surface area contributed by atoms with Gasteiger partial charge in [-0.05, 0) is 29.8 Å². The Balaban J connectivity index is 1.71. The molecule has 0 atom stereocenters. The molecule has 0 aliphatic rings. The number of aryl methyl sites for hydroxylation is 1. The molecule has 0 fully saturated rings. The SMILES string of the molecule is COc1cccc(CNc2nc(-c3ccncc3)nc3c2cnn3C)c1. The van der Waals surface area contributed by atoms with Crippen LogP contribution in [-0.4, -0.2) is 31.8 Å². The number of hydrogen-bond donors (Lipinski definition) is 1. The van der Waals surface area contributed by atoms with Crippen molar-refractivity contribution >= 4 is 16.9 Å². The molecule has 0 aliphatic carbocycles. The third-order valence-electron chi connectivity index (χ3n) is 4.12. The van der Waals surface area contributed by atoms with E-state index in [2.05, 4.69) is 20.4 Å². The summed E-state index contributed by atoms with van der Waals surface area (Å²) in [7, 11) is 3.54. The Morgan fingerprint density at radius 3 is 2.77 bits per heavy atom. The molecule has 26 heavy (non-hydrogen) atoms. The summed E-state index contributed by atoms with van der Waals surface area (Å²) in [6.07, 6.45) is 5.24. The molecule has 0 bridgehead atoms. The van der Waals surface area contributed by atoms with Gasteiger partial charge in [0.2, 0.25) is 0 Å². The van der Waals surface area contributed by atoms with Gasteiger partial charge in [-0.2, -0.15) is 5.10 Å². The van der Waals surface area contributed by atoms with Crippen LogP contribution < -0.4 is 10.1 Å². The average molecular weight is 346 g/mol. The zero-order valence-electron chi connectivity index (χ0n) is 14.5. The van der Waals surface area contributed by atoms with Crippen LogP contribution in [-0.2, 0) is 13.6 Å². The molecule has 7 heteroatoms. The average Bonchev–Trinajstić information content (AvgIpc) is 3.08. The Bertz CT molecular complexity index is 1040. The van der Waals surface area contributed by atoms with Gasteiger partial charge in [0.05, 0.1) is 18.7 Å². The normalized spacial score (nSPS) is 10.8. The maximum atomic E-state index is 5.28. The van der Waals surface area contributed by atoms with Crippen molar-refractivity contribution in [2.24, 2.45) is 7.05 Å². The van der Waals surface area contributed by atoms with Crippen molar-refractivity contribution < 1.29 is 4.74 Å². The minimum absolute atomic E-state index is 0.619. The predicted octanol–water partition coefficient (Wildman–Crippen LogP) is 3.05. The summed E-state index contributed by atoms with van der Waals surface area (Å²) in [4.78, 5) is 13.4. The standard InChI is InChI=1S/C19H18N6O/c1-25-19-16(12-22-25)18(21-11-13-4-3-5-15(10-13)26-2)23-17(24-19)14-6-8-20-9-7-14/h3-10,12H,11H2,1-2H3,(H,21,23,24). The number of aromatic nitrogens is 5. The first-order valence-electron chi connectivity index (χ1n) is 8.21. The van der Waals surface area contributed by atoms with Crippen LogP contribution in [0.3, 0.4) is 0 Å². The fourth-order valence-electron chi connectivity index (χ4n) is 2.76. The monoisotopic (exact) mass is 346 g/mol. The number of anilines is 1. The van der Waals surface area contributed by atoms with Crippen molar-refractivity contribution in [2.45, 2.75) is 6.54 Å². The van der Waals surface area contributed by atoms with Gasteiger partial charge in [0.1, 0.15) is 11.6 Å². The van der Waals surface area contributed by atoms with Crippen molar-refractivity contribution in [3.05, 3.63) is 60.6 Å². The van der Waals surface area contributed by atoms with E-state index in [-0.39, 0.29) is 0 Å². The first-order chi connectivity index (χ1) is 12.7. The first-order valence-corrected chi connectivity index (χ1v) is 8.21. The van der Waals surface area contributed by atoms with E-state index >= 15 is 0 Å². The molecular weight excluding hydrogens is 328 g/mol. The number of pyridine rings is 1. The number of hydrogen-bond acceptors (Lipinski definition) is 6. The maximum absolute atomic E-state index is 5.28. The lowest BCUT2D eigenvalue weighted by atomic mass is 10.2. The Labute approximate surface area is 150 Å². The fraction of sp³-hybridized carbons (Fsp3) is 0.158. The molecule has 0 aliphatic heterocycles. The lowest BCUT2D eigenvalue weighted by Crippen LogP contribution is -2.05. The Morgan fingerprint density at radius 2 is 1.96 bits per heavy atom. The molecule has 130 valence electrons. The second kappa shape index (κ2) is 6.79. The minimum Gasteiger partial charge on any atom is -0.497 e. The van der Waals surface area contributed by atoms with Gasteiger partial charge in [0, 0.05) is 31.5 Å². The second-order valence-corrected chi connectivity index (χ2v) is 5.84. The van der Waals surface area contributed by atoms with Crippen LogP contribution in [0.2, 0.25) is 0 Å². The van der Waals surface area contributed by atoms with Crippen molar-refractivity contribution in [1.82, 2.24) is 24.7 Å². The predicted molar refractivity (Wildman–Crippen MR) is 99.9 cm³/mol. The topological polar surface area (TPSA) is 77.8 Å². The number of methoxy groups -OCH3 is 1. The van der Waals surface area contributed by atoms with Gasteiger partial charge in [0.25, 0.3) is 0 Å². The summed E-state index contributed by atoms with van der Waals surface area (Å²) in [6.45, 7) is 0.619. The smallest absolute Gasteiger partial charge is 0.164 e. The van der Waals surface area contributed by atoms with Crippen LogP contribution in [0.15, 0.2) is 55.0 Å². The molecule has 1 aromatic carbocycles. The Morgan fingerprint density at radius 1 is 1.12 bits per heavy atom. The lowest BCUT2D eigenvalue weighted by Gasteiger charge is -2.10. The zero-order valence-corrected chi connectivity index (χ0v) is 14.5. The molecule has 0 saturated carbocycles. The van der Waals surface area contributed by atoms with Crippen LogP contribution >= 0.6 is 0 Å². The highest BCUT2D eigenvalue weighted by Crippen LogP contribution is 2.25. The number of ether oxygens (including phenoxy) is 1. The molecule has 4 rings (SSSR count). The maximum Gasteiger partial charge on any atom is 0.164 e. The van der Waals surface area contributed by atoms with Gasteiger partial charge in [-0.15, -0.1) is 0 Å². The van der Waals surface area contributed by atoms with E-state index in [4.69, 9.17) is 9.72 Å². The van der Waals surface area contributed by atoms with E-state index < -0.39 is 0 Å². The van der Waals surface area contributed by atoms with E-state index in [1.165, 1.54) is 0 Å². The molecule has 7 nitrogen and oxygen atoms in total. The highest BCUT2D eigenvalue weighted by molar-refractivity contribution is 5.88. The largest absolute Gasteiger partial charge is 0.497 e. The van der Waals surface area contributed by atoms with E-state index in [0.717, 1.165) is 33.7 Å². The van der Waals surface area contributed by atoms with Crippen LogP contribution in [0.4, 0.5) is 5.82 Å². The van der Waals surface area contributed by atoms with Crippen molar-refractivity contribution in [3.63, 3.8) is 0 Å². The summed E-state index contributed by atoms with van der Waals surface area (Å²) >= 11 is 0. The summed E-state index contributed by atoms with van der Waals surface area (Å²) in [5.74, 6) is 2.21. The second-order valence-electron chi connectivity index (χ2n) is 5.84. The highest BCUT2D eigenvalue weighted by atomic mass is 16.5. The Kier molecular flexibility index (Phi) is 4.18. The fourth-order valence-corrected chi connectivity index (χ4v) is 2.76. The number of nitrogens with one attached hydrogen (secondary N) is 1. The molecule has 3 aromatic heterocycles. The van der Waals surface area contributed by atoms with Crippen LogP contribution in [0, 0.1) is 0 Å². The lowest BCUT2D eigenvalue weighted by molar-refractivity contribution is 0.414. The van der Waals surface area contributed by atoms with Crippen LogP contribution in [0.5, 0.6) is 5.75 Å². The van der Waals surface area contributed by atoms with E-state index in [0.29, 0.717) is 12.4 Å². The molecule has 0 spiro atoms.